The Morgan fingerprint density at radius 2 is 2.10 bits per heavy atom. The molecule has 1 aromatic heterocycles. The highest BCUT2D eigenvalue weighted by Gasteiger charge is 2.19. The molecule has 1 fully saturated rings. The smallest absolute Gasteiger partial charge is 0.354 e. The van der Waals surface area contributed by atoms with E-state index in [0.29, 0.717) is 17.8 Å². The summed E-state index contributed by atoms with van der Waals surface area (Å²) in [6, 6.07) is 5.40. The number of hydrogen-bond donors (Lipinski definition) is 2. The van der Waals surface area contributed by atoms with Crippen LogP contribution in [0.1, 0.15) is 43.6 Å². The normalized spacial score (nSPS) is 17.1. The van der Waals surface area contributed by atoms with E-state index in [2.05, 4.69) is 29.0 Å². The van der Waals surface area contributed by atoms with Gasteiger partial charge in [0, 0.05) is 12.6 Å². The van der Waals surface area contributed by atoms with Crippen LogP contribution >= 0.6 is 0 Å². The Labute approximate surface area is 126 Å². The Hall–Kier alpha value is -1.62. The van der Waals surface area contributed by atoms with Crippen LogP contribution in [0.2, 0.25) is 0 Å². The number of hydrogen-bond acceptors (Lipinski definition) is 4. The first-order valence-corrected chi connectivity index (χ1v) is 7.74. The van der Waals surface area contributed by atoms with Crippen LogP contribution in [0.5, 0.6) is 0 Å². The van der Waals surface area contributed by atoms with E-state index in [0.717, 1.165) is 13.0 Å². The molecule has 0 spiro atoms. The van der Waals surface area contributed by atoms with Gasteiger partial charge in [-0.15, -0.1) is 0 Å². The Balaban J connectivity index is 2.02. The van der Waals surface area contributed by atoms with Gasteiger partial charge in [-0.25, -0.2) is 9.78 Å². The van der Waals surface area contributed by atoms with Crippen LogP contribution in [-0.2, 0) is 0 Å². The molecule has 116 valence electrons. The molecule has 1 aromatic rings. The Morgan fingerprint density at radius 1 is 1.38 bits per heavy atom. The van der Waals surface area contributed by atoms with Crippen molar-refractivity contribution in [3.63, 3.8) is 0 Å². The number of carboxylic acid groups (broad SMARTS) is 1. The van der Waals surface area contributed by atoms with E-state index in [1.54, 1.807) is 6.07 Å². The van der Waals surface area contributed by atoms with Crippen molar-refractivity contribution in [2.75, 3.05) is 25.0 Å². The van der Waals surface area contributed by atoms with E-state index < -0.39 is 5.97 Å². The van der Waals surface area contributed by atoms with Crippen LogP contribution in [0.15, 0.2) is 18.2 Å². The first-order valence-electron chi connectivity index (χ1n) is 7.74. The Kier molecular flexibility index (Phi) is 5.56. The second-order valence-electron chi connectivity index (χ2n) is 6.19. The van der Waals surface area contributed by atoms with Gasteiger partial charge in [-0.05, 0) is 50.4 Å². The average Bonchev–Trinajstić information content (AvgIpc) is 2.91. The minimum atomic E-state index is -0.987. The lowest BCUT2D eigenvalue weighted by molar-refractivity contribution is 0.0690. The monoisotopic (exact) mass is 291 g/mol. The molecule has 0 aromatic carbocycles. The molecule has 2 N–H and O–H groups in total. The van der Waals surface area contributed by atoms with Crippen molar-refractivity contribution in [3.8, 4) is 0 Å². The molecule has 1 aliphatic heterocycles. The summed E-state index contributed by atoms with van der Waals surface area (Å²) in [5.74, 6) is 0.256. The van der Waals surface area contributed by atoms with Gasteiger partial charge in [-0.2, -0.15) is 0 Å². The van der Waals surface area contributed by atoms with E-state index >= 15 is 0 Å². The summed E-state index contributed by atoms with van der Waals surface area (Å²) in [5.41, 5.74) is 0.0875. The van der Waals surface area contributed by atoms with Gasteiger partial charge < -0.3 is 15.3 Å². The summed E-state index contributed by atoms with van der Waals surface area (Å²) in [6.45, 7) is 7.74. The molecular weight excluding hydrogens is 266 g/mol. The van der Waals surface area contributed by atoms with Gasteiger partial charge >= 0.3 is 5.97 Å². The Bertz CT molecular complexity index is 470. The molecule has 5 nitrogen and oxygen atoms in total. The van der Waals surface area contributed by atoms with Gasteiger partial charge in [0.25, 0.3) is 0 Å². The van der Waals surface area contributed by atoms with Crippen LogP contribution in [0.25, 0.3) is 0 Å². The largest absolute Gasteiger partial charge is 0.477 e. The fraction of sp³-hybridized carbons (Fsp3) is 0.625. The SMILES string of the molecule is CC(C)C[C@@H](CN1CCCC1)Nc1cccc(C(=O)O)n1. The molecule has 0 unspecified atom stereocenters. The van der Waals surface area contributed by atoms with Gasteiger partial charge in [0.05, 0.1) is 0 Å². The molecule has 0 saturated carbocycles. The molecule has 1 atom stereocenters. The highest BCUT2D eigenvalue weighted by Crippen LogP contribution is 2.16. The molecule has 2 rings (SSSR count). The summed E-state index contributed by atoms with van der Waals surface area (Å²) in [4.78, 5) is 17.6. The lowest BCUT2D eigenvalue weighted by atomic mass is 10.0. The van der Waals surface area contributed by atoms with Gasteiger partial charge in [0.2, 0.25) is 0 Å². The fourth-order valence-electron chi connectivity index (χ4n) is 2.87. The van der Waals surface area contributed by atoms with Crippen LogP contribution in [0, 0.1) is 5.92 Å². The van der Waals surface area contributed by atoms with E-state index in [9.17, 15) is 4.79 Å². The summed E-state index contributed by atoms with van der Waals surface area (Å²) in [7, 11) is 0. The summed E-state index contributed by atoms with van der Waals surface area (Å²) >= 11 is 0. The van der Waals surface area contributed by atoms with Crippen LogP contribution in [0.4, 0.5) is 5.82 Å². The van der Waals surface area contributed by atoms with E-state index in [1.807, 2.05) is 6.07 Å². The van der Waals surface area contributed by atoms with E-state index in [4.69, 9.17) is 5.11 Å². The summed E-state index contributed by atoms with van der Waals surface area (Å²) < 4.78 is 0. The predicted molar refractivity (Wildman–Crippen MR) is 83.7 cm³/mol. The number of carbonyl (C=O) groups is 1. The van der Waals surface area contributed by atoms with Crippen molar-refractivity contribution < 1.29 is 9.90 Å². The number of likely N-dealkylation sites (tertiary alicyclic amines) is 1. The average molecular weight is 291 g/mol. The number of pyridine rings is 1. The number of rotatable bonds is 7. The fourth-order valence-corrected chi connectivity index (χ4v) is 2.87. The van der Waals surface area contributed by atoms with Crippen LogP contribution in [-0.4, -0.2) is 46.6 Å². The molecule has 0 bridgehead atoms. The second-order valence-corrected chi connectivity index (χ2v) is 6.19. The van der Waals surface area contributed by atoms with Crippen LogP contribution < -0.4 is 5.32 Å². The molecular formula is C16H25N3O2. The standard InChI is InChI=1S/C16H25N3O2/c1-12(2)10-13(11-19-8-3-4-9-19)17-15-7-5-6-14(18-15)16(20)21/h5-7,12-13H,3-4,8-11H2,1-2H3,(H,17,18)(H,20,21)/t13-/m0/s1. The number of aromatic nitrogens is 1. The number of carboxylic acids is 1. The maximum atomic E-state index is 11.0. The second kappa shape index (κ2) is 7.41. The van der Waals surface area contributed by atoms with Gasteiger partial charge in [0.15, 0.2) is 5.69 Å². The van der Waals surface area contributed by atoms with Crippen molar-refractivity contribution in [2.45, 2.75) is 39.2 Å². The van der Waals surface area contributed by atoms with Gasteiger partial charge in [0.1, 0.15) is 5.82 Å². The van der Waals surface area contributed by atoms with Gasteiger partial charge in [-0.3, -0.25) is 0 Å². The quantitative estimate of drug-likeness (QED) is 0.808. The first kappa shape index (κ1) is 15.8. The topological polar surface area (TPSA) is 65.5 Å². The minimum Gasteiger partial charge on any atom is -0.477 e. The molecule has 2 heterocycles. The van der Waals surface area contributed by atoms with E-state index in [1.165, 1.54) is 32.0 Å². The highest BCUT2D eigenvalue weighted by molar-refractivity contribution is 5.85. The Morgan fingerprint density at radius 3 is 2.71 bits per heavy atom. The number of nitrogens with zero attached hydrogens (tertiary/aromatic N) is 2. The lowest BCUT2D eigenvalue weighted by Crippen LogP contribution is -2.36. The summed E-state index contributed by atoms with van der Waals surface area (Å²) in [5, 5.41) is 12.4. The highest BCUT2D eigenvalue weighted by atomic mass is 16.4. The molecule has 0 aliphatic carbocycles. The number of anilines is 1. The minimum absolute atomic E-state index is 0.0875. The van der Waals surface area contributed by atoms with Crippen molar-refractivity contribution in [3.05, 3.63) is 23.9 Å². The zero-order valence-corrected chi connectivity index (χ0v) is 12.9. The predicted octanol–water partition coefficient (Wildman–Crippen LogP) is 2.70. The third-order valence-corrected chi connectivity index (χ3v) is 3.75. The molecule has 5 heteroatoms. The maximum absolute atomic E-state index is 11.0. The van der Waals surface area contributed by atoms with Gasteiger partial charge in [-0.1, -0.05) is 19.9 Å². The first-order chi connectivity index (χ1) is 10.0. The van der Waals surface area contributed by atoms with Crippen molar-refractivity contribution in [2.24, 2.45) is 5.92 Å². The summed E-state index contributed by atoms with van der Waals surface area (Å²) in [6.07, 6.45) is 3.61. The molecule has 1 aliphatic rings. The van der Waals surface area contributed by atoms with E-state index in [-0.39, 0.29) is 5.69 Å². The number of aromatic carboxylic acids is 1. The zero-order valence-electron chi connectivity index (χ0n) is 12.9. The molecule has 0 radical (unpaired) electrons. The number of nitrogens with one attached hydrogen (secondary N) is 1. The third-order valence-electron chi connectivity index (χ3n) is 3.75. The third kappa shape index (κ3) is 5.01. The van der Waals surface area contributed by atoms with Crippen molar-refractivity contribution >= 4 is 11.8 Å². The lowest BCUT2D eigenvalue weighted by Gasteiger charge is -2.26. The molecule has 1 saturated heterocycles. The van der Waals surface area contributed by atoms with Crippen molar-refractivity contribution in [1.29, 1.82) is 0 Å². The maximum Gasteiger partial charge on any atom is 0.354 e. The zero-order chi connectivity index (χ0) is 15.2. The van der Waals surface area contributed by atoms with Crippen LogP contribution in [0.3, 0.4) is 0 Å². The molecule has 0 amide bonds. The molecule has 21 heavy (non-hydrogen) atoms. The van der Waals surface area contributed by atoms with Crippen molar-refractivity contribution in [1.82, 2.24) is 9.88 Å².